The van der Waals surface area contributed by atoms with Crippen molar-refractivity contribution in [1.29, 1.82) is 0 Å². The number of nitrogens with zero attached hydrogens (tertiary/aromatic N) is 1. The first-order chi connectivity index (χ1) is 13.3. The molecule has 142 valence electrons. The topological polar surface area (TPSA) is 29.5 Å². The number of ether oxygens (including phenoxy) is 1. The SMILES string of the molecule is O=C(N1CCS[C@H](c2ccccc2)CC1)C1(c2ccccc2)CCOCC1. The molecule has 0 radical (unpaired) electrons. The third kappa shape index (κ3) is 3.92. The van der Waals surface area contributed by atoms with Gasteiger partial charge in [0.05, 0.1) is 5.41 Å². The second kappa shape index (κ2) is 8.49. The first-order valence-corrected chi connectivity index (χ1v) is 10.9. The van der Waals surface area contributed by atoms with Gasteiger partial charge in [-0.25, -0.2) is 0 Å². The van der Waals surface area contributed by atoms with Gasteiger partial charge in [0.1, 0.15) is 0 Å². The Morgan fingerprint density at radius 3 is 2.33 bits per heavy atom. The summed E-state index contributed by atoms with van der Waals surface area (Å²) in [5, 5.41) is 0.478. The standard InChI is InChI=1S/C23H27NO2S/c25-22(23(12-16-26-17-13-23)20-9-5-2-6-10-20)24-14-11-21(27-18-15-24)19-7-3-1-4-8-19/h1-10,21H,11-18H2/t21-/m0/s1. The van der Waals surface area contributed by atoms with E-state index < -0.39 is 5.41 Å². The summed E-state index contributed by atoms with van der Waals surface area (Å²) in [4.78, 5) is 15.9. The maximum Gasteiger partial charge on any atom is 0.233 e. The summed E-state index contributed by atoms with van der Waals surface area (Å²) in [6.45, 7) is 2.99. The van der Waals surface area contributed by atoms with Gasteiger partial charge < -0.3 is 9.64 Å². The van der Waals surface area contributed by atoms with E-state index in [0.29, 0.717) is 24.4 Å². The van der Waals surface area contributed by atoms with Gasteiger partial charge in [-0.1, -0.05) is 60.7 Å². The molecule has 2 aromatic carbocycles. The third-order valence-corrected chi connectivity index (χ3v) is 7.21. The van der Waals surface area contributed by atoms with Crippen molar-refractivity contribution in [1.82, 2.24) is 4.90 Å². The molecule has 1 amide bonds. The van der Waals surface area contributed by atoms with Gasteiger partial charge in [-0.3, -0.25) is 4.79 Å². The Labute approximate surface area is 166 Å². The van der Waals surface area contributed by atoms with Crippen LogP contribution in [0.3, 0.4) is 0 Å². The van der Waals surface area contributed by atoms with Gasteiger partial charge in [0.25, 0.3) is 0 Å². The number of hydrogen-bond acceptors (Lipinski definition) is 3. The number of amides is 1. The van der Waals surface area contributed by atoms with Crippen LogP contribution in [0.4, 0.5) is 0 Å². The van der Waals surface area contributed by atoms with E-state index in [0.717, 1.165) is 43.7 Å². The van der Waals surface area contributed by atoms with Crippen molar-refractivity contribution in [3.8, 4) is 0 Å². The summed E-state index contributed by atoms with van der Waals surface area (Å²) in [5.41, 5.74) is 2.10. The number of hydrogen-bond donors (Lipinski definition) is 0. The van der Waals surface area contributed by atoms with E-state index >= 15 is 0 Å². The molecular formula is C23H27NO2S. The highest BCUT2D eigenvalue weighted by Gasteiger charge is 2.44. The molecular weight excluding hydrogens is 354 g/mol. The van der Waals surface area contributed by atoms with Gasteiger partial charge in [0.15, 0.2) is 0 Å². The lowest BCUT2D eigenvalue weighted by Crippen LogP contribution is -2.50. The van der Waals surface area contributed by atoms with Crippen molar-refractivity contribution >= 4 is 17.7 Å². The summed E-state index contributed by atoms with van der Waals surface area (Å²) >= 11 is 1.98. The minimum Gasteiger partial charge on any atom is -0.381 e. The van der Waals surface area contributed by atoms with Crippen molar-refractivity contribution in [2.75, 3.05) is 32.1 Å². The summed E-state index contributed by atoms with van der Waals surface area (Å²) in [7, 11) is 0. The molecule has 2 aliphatic heterocycles. The molecule has 0 aliphatic carbocycles. The van der Waals surface area contributed by atoms with E-state index in [4.69, 9.17) is 4.74 Å². The zero-order chi connectivity index (χ0) is 18.5. The van der Waals surface area contributed by atoms with E-state index in [1.54, 1.807) is 0 Å². The molecule has 0 N–H and O–H groups in total. The number of thioether (sulfide) groups is 1. The van der Waals surface area contributed by atoms with Crippen molar-refractivity contribution in [3.63, 3.8) is 0 Å². The highest BCUT2D eigenvalue weighted by molar-refractivity contribution is 7.99. The third-order valence-electron chi connectivity index (χ3n) is 5.88. The van der Waals surface area contributed by atoms with Gasteiger partial charge in [0, 0.05) is 37.3 Å². The summed E-state index contributed by atoms with van der Waals surface area (Å²) in [5.74, 6) is 1.29. The van der Waals surface area contributed by atoms with E-state index in [1.165, 1.54) is 5.56 Å². The number of carbonyl (C=O) groups is 1. The van der Waals surface area contributed by atoms with Crippen molar-refractivity contribution < 1.29 is 9.53 Å². The molecule has 0 bridgehead atoms. The predicted molar refractivity (Wildman–Crippen MR) is 111 cm³/mol. The Morgan fingerprint density at radius 1 is 0.963 bits per heavy atom. The van der Waals surface area contributed by atoms with Crippen LogP contribution >= 0.6 is 11.8 Å². The van der Waals surface area contributed by atoms with Crippen molar-refractivity contribution in [3.05, 3.63) is 71.8 Å². The fraction of sp³-hybridized carbons (Fsp3) is 0.435. The summed E-state index contributed by atoms with van der Waals surface area (Å²) in [6, 6.07) is 21.0. The molecule has 0 saturated carbocycles. The fourth-order valence-corrected chi connectivity index (χ4v) is 5.54. The lowest BCUT2D eigenvalue weighted by atomic mass is 9.73. The molecule has 2 aliphatic rings. The Balaban J connectivity index is 1.54. The van der Waals surface area contributed by atoms with Crippen molar-refractivity contribution in [2.24, 2.45) is 0 Å². The molecule has 27 heavy (non-hydrogen) atoms. The molecule has 3 nitrogen and oxygen atoms in total. The largest absolute Gasteiger partial charge is 0.381 e. The van der Waals surface area contributed by atoms with Gasteiger partial charge in [0.2, 0.25) is 5.91 Å². The minimum atomic E-state index is -0.420. The van der Waals surface area contributed by atoms with Crippen LogP contribution in [0.5, 0.6) is 0 Å². The van der Waals surface area contributed by atoms with E-state index in [2.05, 4.69) is 47.4 Å². The molecule has 2 saturated heterocycles. The number of benzene rings is 2. The summed E-state index contributed by atoms with van der Waals surface area (Å²) < 4.78 is 5.61. The van der Waals surface area contributed by atoms with Gasteiger partial charge >= 0.3 is 0 Å². The van der Waals surface area contributed by atoms with Crippen LogP contribution in [0.15, 0.2) is 60.7 Å². The van der Waals surface area contributed by atoms with Gasteiger partial charge in [-0.15, -0.1) is 0 Å². The maximum absolute atomic E-state index is 13.7. The Bertz CT molecular complexity index is 743. The molecule has 2 heterocycles. The van der Waals surface area contributed by atoms with Crippen LogP contribution < -0.4 is 0 Å². The molecule has 4 heteroatoms. The van der Waals surface area contributed by atoms with Crippen LogP contribution in [-0.4, -0.2) is 42.9 Å². The Hall–Kier alpha value is -1.78. The predicted octanol–water partition coefficient (Wildman–Crippen LogP) is 4.44. The molecule has 1 atom stereocenters. The zero-order valence-corrected chi connectivity index (χ0v) is 16.5. The molecule has 2 fully saturated rings. The van der Waals surface area contributed by atoms with E-state index in [-0.39, 0.29) is 0 Å². The van der Waals surface area contributed by atoms with Crippen LogP contribution in [-0.2, 0) is 14.9 Å². The first kappa shape index (κ1) is 18.6. The quantitative estimate of drug-likeness (QED) is 0.787. The summed E-state index contributed by atoms with van der Waals surface area (Å²) in [6.07, 6.45) is 2.57. The van der Waals surface area contributed by atoms with Crippen molar-refractivity contribution in [2.45, 2.75) is 29.9 Å². The second-order valence-corrected chi connectivity index (χ2v) is 8.72. The minimum absolute atomic E-state index is 0.298. The highest BCUT2D eigenvalue weighted by atomic mass is 32.2. The molecule has 0 unspecified atom stereocenters. The normalized spacial score (nSPS) is 22.8. The van der Waals surface area contributed by atoms with Gasteiger partial charge in [-0.05, 0) is 30.4 Å². The van der Waals surface area contributed by atoms with Gasteiger partial charge in [-0.2, -0.15) is 11.8 Å². The van der Waals surface area contributed by atoms with Crippen LogP contribution in [0.2, 0.25) is 0 Å². The number of rotatable bonds is 3. The molecule has 0 aromatic heterocycles. The van der Waals surface area contributed by atoms with E-state index in [9.17, 15) is 4.79 Å². The lowest BCUT2D eigenvalue weighted by molar-refractivity contribution is -0.141. The van der Waals surface area contributed by atoms with Crippen LogP contribution in [0, 0.1) is 0 Å². The first-order valence-electron chi connectivity index (χ1n) is 9.89. The van der Waals surface area contributed by atoms with Crippen LogP contribution in [0.25, 0.3) is 0 Å². The zero-order valence-electron chi connectivity index (χ0n) is 15.7. The highest BCUT2D eigenvalue weighted by Crippen LogP contribution is 2.39. The second-order valence-electron chi connectivity index (χ2n) is 7.41. The molecule has 2 aromatic rings. The Kier molecular flexibility index (Phi) is 5.84. The average molecular weight is 382 g/mol. The lowest BCUT2D eigenvalue weighted by Gasteiger charge is -2.40. The maximum atomic E-state index is 13.7. The monoisotopic (exact) mass is 381 g/mol. The molecule has 0 spiro atoms. The van der Waals surface area contributed by atoms with Crippen LogP contribution in [0.1, 0.15) is 35.6 Å². The smallest absolute Gasteiger partial charge is 0.233 e. The van der Waals surface area contributed by atoms with E-state index in [1.807, 2.05) is 30.0 Å². The molecule has 4 rings (SSSR count). The Morgan fingerprint density at radius 2 is 1.63 bits per heavy atom. The average Bonchev–Trinajstić information content (AvgIpc) is 3.01. The number of carbonyl (C=O) groups excluding carboxylic acids is 1. The fourth-order valence-electron chi connectivity index (χ4n) is 4.31.